The monoisotopic (exact) mass is 377 g/mol. The zero-order valence-corrected chi connectivity index (χ0v) is 15.0. The van der Waals surface area contributed by atoms with Gasteiger partial charge in [-0.2, -0.15) is 4.31 Å². The average Bonchev–Trinajstić information content (AvgIpc) is 2.60. The van der Waals surface area contributed by atoms with Gasteiger partial charge >= 0.3 is 0 Å². The summed E-state index contributed by atoms with van der Waals surface area (Å²) in [5, 5.41) is 0. The zero-order valence-electron chi connectivity index (χ0n) is 13.3. The van der Waals surface area contributed by atoms with Crippen molar-refractivity contribution in [3.05, 3.63) is 24.3 Å². The van der Waals surface area contributed by atoms with Crippen LogP contribution in [0.2, 0.25) is 0 Å². The summed E-state index contributed by atoms with van der Waals surface area (Å²) in [6.07, 6.45) is 1.39. The number of ether oxygens (including phenoxy) is 1. The molecule has 1 aliphatic heterocycles. The van der Waals surface area contributed by atoms with E-state index in [0.717, 1.165) is 6.42 Å². The number of hydrogen-bond donors (Lipinski definition) is 2. The molecule has 1 fully saturated rings. The Balaban J connectivity index is 2.09. The topological polar surface area (TPSA) is 119 Å². The molecule has 1 saturated heterocycles. The summed E-state index contributed by atoms with van der Waals surface area (Å²) in [4.78, 5) is 0.114. The molecular formula is C14H23N3O5S2. The first-order valence-corrected chi connectivity index (χ1v) is 10.7. The molecule has 0 saturated carbocycles. The van der Waals surface area contributed by atoms with E-state index in [0.29, 0.717) is 45.8 Å². The predicted molar refractivity (Wildman–Crippen MR) is 89.5 cm³/mol. The highest BCUT2D eigenvalue weighted by Gasteiger charge is 2.26. The first-order valence-electron chi connectivity index (χ1n) is 7.75. The SMILES string of the molecule is NCCCCNS(=O)(=O)c1ccc(S(=O)(=O)N2CCOCC2)cc1. The molecule has 0 bridgehead atoms. The molecule has 1 aromatic rings. The van der Waals surface area contributed by atoms with E-state index >= 15 is 0 Å². The molecule has 0 atom stereocenters. The number of rotatable bonds is 8. The summed E-state index contributed by atoms with van der Waals surface area (Å²) in [7, 11) is -7.27. The van der Waals surface area contributed by atoms with Gasteiger partial charge in [0.1, 0.15) is 0 Å². The summed E-state index contributed by atoms with van der Waals surface area (Å²) in [5.41, 5.74) is 5.36. The molecule has 1 aromatic carbocycles. The average molecular weight is 377 g/mol. The lowest BCUT2D eigenvalue weighted by Gasteiger charge is -2.26. The number of unbranched alkanes of at least 4 members (excludes halogenated alkanes) is 1. The molecule has 0 spiro atoms. The third-order valence-electron chi connectivity index (χ3n) is 3.66. The van der Waals surface area contributed by atoms with E-state index in [4.69, 9.17) is 10.5 Å². The molecule has 8 nitrogen and oxygen atoms in total. The van der Waals surface area contributed by atoms with Crippen molar-refractivity contribution in [3.8, 4) is 0 Å². The molecule has 10 heteroatoms. The second kappa shape index (κ2) is 8.37. The lowest BCUT2D eigenvalue weighted by atomic mass is 10.3. The van der Waals surface area contributed by atoms with Crippen molar-refractivity contribution in [1.82, 2.24) is 9.03 Å². The van der Waals surface area contributed by atoms with Gasteiger partial charge in [-0.05, 0) is 43.7 Å². The number of benzene rings is 1. The van der Waals surface area contributed by atoms with Crippen LogP contribution >= 0.6 is 0 Å². The highest BCUT2D eigenvalue weighted by atomic mass is 32.2. The minimum absolute atomic E-state index is 0.0381. The Hall–Kier alpha value is -1.04. The van der Waals surface area contributed by atoms with Crippen LogP contribution in [0.3, 0.4) is 0 Å². The Kier molecular flexibility index (Phi) is 6.72. The fourth-order valence-corrected chi connectivity index (χ4v) is 4.77. The number of nitrogens with zero attached hydrogens (tertiary/aromatic N) is 1. The second-order valence-electron chi connectivity index (χ2n) is 5.38. The smallest absolute Gasteiger partial charge is 0.243 e. The van der Waals surface area contributed by atoms with Crippen LogP contribution in [0.4, 0.5) is 0 Å². The van der Waals surface area contributed by atoms with Crippen LogP contribution in [0.1, 0.15) is 12.8 Å². The van der Waals surface area contributed by atoms with Crippen LogP contribution in [0.5, 0.6) is 0 Å². The molecule has 24 heavy (non-hydrogen) atoms. The Morgan fingerprint density at radius 2 is 1.58 bits per heavy atom. The third-order valence-corrected chi connectivity index (χ3v) is 7.05. The summed E-state index contributed by atoms with van der Waals surface area (Å²) in [5.74, 6) is 0. The van der Waals surface area contributed by atoms with Gasteiger partial charge in [-0.15, -0.1) is 0 Å². The fraction of sp³-hybridized carbons (Fsp3) is 0.571. The van der Waals surface area contributed by atoms with E-state index in [9.17, 15) is 16.8 Å². The number of sulfonamides is 2. The molecule has 1 heterocycles. The number of hydrogen-bond acceptors (Lipinski definition) is 6. The van der Waals surface area contributed by atoms with Crippen molar-refractivity contribution in [1.29, 1.82) is 0 Å². The van der Waals surface area contributed by atoms with Gasteiger partial charge in [-0.25, -0.2) is 21.6 Å². The Bertz CT molecular complexity index is 726. The number of nitrogens with two attached hydrogens (primary N) is 1. The molecule has 0 amide bonds. The van der Waals surface area contributed by atoms with Gasteiger partial charge in [-0.1, -0.05) is 0 Å². The largest absolute Gasteiger partial charge is 0.379 e. The number of nitrogens with one attached hydrogen (secondary N) is 1. The highest BCUT2D eigenvalue weighted by molar-refractivity contribution is 7.89. The Morgan fingerprint density at radius 3 is 2.17 bits per heavy atom. The molecule has 0 unspecified atom stereocenters. The van der Waals surface area contributed by atoms with Crippen molar-refractivity contribution < 1.29 is 21.6 Å². The lowest BCUT2D eigenvalue weighted by Crippen LogP contribution is -2.40. The van der Waals surface area contributed by atoms with Crippen LogP contribution in [-0.2, 0) is 24.8 Å². The summed E-state index contributed by atoms with van der Waals surface area (Å²) in [6.45, 7) is 2.12. The first kappa shape index (κ1) is 19.3. The van der Waals surface area contributed by atoms with Gasteiger partial charge in [0.05, 0.1) is 23.0 Å². The molecular weight excluding hydrogens is 354 g/mol. The van der Waals surface area contributed by atoms with Gasteiger partial charge in [0.25, 0.3) is 0 Å². The van der Waals surface area contributed by atoms with Crippen LogP contribution < -0.4 is 10.5 Å². The van der Waals surface area contributed by atoms with E-state index in [-0.39, 0.29) is 9.79 Å². The quantitative estimate of drug-likeness (QED) is 0.602. The molecule has 136 valence electrons. The van der Waals surface area contributed by atoms with Gasteiger partial charge in [0.15, 0.2) is 0 Å². The maximum atomic E-state index is 12.5. The van der Waals surface area contributed by atoms with Crippen molar-refractivity contribution in [2.45, 2.75) is 22.6 Å². The van der Waals surface area contributed by atoms with Crippen molar-refractivity contribution >= 4 is 20.0 Å². The highest BCUT2D eigenvalue weighted by Crippen LogP contribution is 2.19. The molecule has 0 aliphatic carbocycles. The predicted octanol–water partition coefficient (Wildman–Crippen LogP) is -0.275. The Labute approximate surface area is 143 Å². The minimum Gasteiger partial charge on any atom is -0.379 e. The van der Waals surface area contributed by atoms with E-state index < -0.39 is 20.0 Å². The zero-order chi connectivity index (χ0) is 17.6. The molecule has 0 radical (unpaired) electrons. The van der Waals surface area contributed by atoms with E-state index in [1.165, 1.54) is 28.6 Å². The van der Waals surface area contributed by atoms with Gasteiger partial charge in [0, 0.05) is 19.6 Å². The fourth-order valence-electron chi connectivity index (χ4n) is 2.29. The van der Waals surface area contributed by atoms with E-state index in [2.05, 4.69) is 4.72 Å². The third kappa shape index (κ3) is 4.74. The minimum atomic E-state index is -3.65. The molecule has 0 aromatic heterocycles. The molecule has 2 rings (SSSR count). The van der Waals surface area contributed by atoms with Gasteiger partial charge in [-0.3, -0.25) is 0 Å². The molecule has 3 N–H and O–H groups in total. The van der Waals surface area contributed by atoms with Crippen molar-refractivity contribution in [2.24, 2.45) is 5.73 Å². The normalized spacial score (nSPS) is 17.0. The van der Waals surface area contributed by atoms with Crippen LogP contribution in [0.25, 0.3) is 0 Å². The van der Waals surface area contributed by atoms with E-state index in [1.54, 1.807) is 0 Å². The summed E-state index contributed by atoms with van der Waals surface area (Å²) >= 11 is 0. The van der Waals surface area contributed by atoms with Crippen LogP contribution in [0.15, 0.2) is 34.1 Å². The van der Waals surface area contributed by atoms with Crippen molar-refractivity contribution in [2.75, 3.05) is 39.4 Å². The molecule has 1 aliphatic rings. The van der Waals surface area contributed by atoms with Crippen LogP contribution in [0, 0.1) is 0 Å². The summed E-state index contributed by atoms with van der Waals surface area (Å²) in [6, 6.07) is 5.25. The standard InChI is InChI=1S/C14H23N3O5S2/c15-7-1-2-8-16-23(18,19)13-3-5-14(6-4-13)24(20,21)17-9-11-22-12-10-17/h3-6,16H,1-2,7-12,15H2. The van der Waals surface area contributed by atoms with Crippen LogP contribution in [-0.4, -0.2) is 60.5 Å². The van der Waals surface area contributed by atoms with Crippen molar-refractivity contribution in [3.63, 3.8) is 0 Å². The lowest BCUT2D eigenvalue weighted by molar-refractivity contribution is 0.0730. The Morgan fingerprint density at radius 1 is 1.00 bits per heavy atom. The number of morpholine rings is 1. The van der Waals surface area contributed by atoms with Gasteiger partial charge in [0.2, 0.25) is 20.0 Å². The first-order chi connectivity index (χ1) is 11.4. The van der Waals surface area contributed by atoms with E-state index in [1.807, 2.05) is 0 Å². The van der Waals surface area contributed by atoms with Gasteiger partial charge < -0.3 is 10.5 Å². The summed E-state index contributed by atoms with van der Waals surface area (Å²) < 4.78 is 58.2. The second-order valence-corrected chi connectivity index (χ2v) is 9.09. The maximum Gasteiger partial charge on any atom is 0.243 e. The maximum absolute atomic E-state index is 12.5.